The van der Waals surface area contributed by atoms with Crippen LogP contribution < -0.4 is 4.72 Å². The van der Waals surface area contributed by atoms with Crippen molar-refractivity contribution in [1.29, 1.82) is 0 Å². The molecule has 1 heterocycles. The number of aromatic nitrogens is 1. The highest BCUT2D eigenvalue weighted by molar-refractivity contribution is 9.10. The standard InChI is InChI=1S/C12H9BrF2N2O2S/c13-9-3-4-10(14)8(6-9)7-17-20(18,19)12-11(15)2-1-5-16-12/h1-6,17H,7H2. The first kappa shape index (κ1) is 15.0. The van der Waals surface area contributed by atoms with Gasteiger partial charge in [-0.2, -0.15) is 0 Å². The van der Waals surface area contributed by atoms with Gasteiger partial charge in [-0.25, -0.2) is 26.9 Å². The van der Waals surface area contributed by atoms with Crippen LogP contribution in [0.2, 0.25) is 0 Å². The summed E-state index contributed by atoms with van der Waals surface area (Å²) in [5.41, 5.74) is 0.138. The van der Waals surface area contributed by atoms with Gasteiger partial charge in [0.05, 0.1) is 0 Å². The van der Waals surface area contributed by atoms with Crippen LogP contribution in [0.3, 0.4) is 0 Å². The van der Waals surface area contributed by atoms with Gasteiger partial charge in [-0.1, -0.05) is 15.9 Å². The molecule has 0 unspecified atom stereocenters. The van der Waals surface area contributed by atoms with E-state index in [0.29, 0.717) is 4.47 Å². The van der Waals surface area contributed by atoms with E-state index in [0.717, 1.165) is 12.3 Å². The summed E-state index contributed by atoms with van der Waals surface area (Å²) in [7, 11) is -4.14. The fourth-order valence-corrected chi connectivity index (χ4v) is 2.90. The molecule has 1 N–H and O–H groups in total. The van der Waals surface area contributed by atoms with Crippen LogP contribution in [0.5, 0.6) is 0 Å². The number of nitrogens with zero attached hydrogens (tertiary/aromatic N) is 1. The normalized spacial score (nSPS) is 11.6. The lowest BCUT2D eigenvalue weighted by Crippen LogP contribution is -2.25. The van der Waals surface area contributed by atoms with Gasteiger partial charge in [-0.15, -0.1) is 0 Å². The van der Waals surface area contributed by atoms with Gasteiger partial charge in [-0.05, 0) is 30.3 Å². The molecule has 0 bridgehead atoms. The third kappa shape index (κ3) is 3.38. The molecule has 2 aromatic rings. The molecule has 0 radical (unpaired) electrons. The zero-order valence-electron chi connectivity index (χ0n) is 9.98. The smallest absolute Gasteiger partial charge is 0.241 e. The fourth-order valence-electron chi connectivity index (χ4n) is 1.49. The van der Waals surface area contributed by atoms with Gasteiger partial charge in [0.15, 0.2) is 5.82 Å². The Bertz CT molecular complexity index is 738. The number of rotatable bonds is 4. The second kappa shape index (κ2) is 5.94. The van der Waals surface area contributed by atoms with E-state index in [1.807, 2.05) is 0 Å². The van der Waals surface area contributed by atoms with Gasteiger partial charge in [0, 0.05) is 22.8 Å². The van der Waals surface area contributed by atoms with E-state index in [2.05, 4.69) is 25.6 Å². The van der Waals surface area contributed by atoms with Gasteiger partial charge in [0.2, 0.25) is 5.03 Å². The second-order valence-corrected chi connectivity index (χ2v) is 6.45. The van der Waals surface area contributed by atoms with E-state index in [9.17, 15) is 17.2 Å². The molecule has 0 amide bonds. The monoisotopic (exact) mass is 362 g/mol. The van der Waals surface area contributed by atoms with E-state index in [1.165, 1.54) is 24.3 Å². The lowest BCUT2D eigenvalue weighted by molar-refractivity contribution is 0.542. The van der Waals surface area contributed by atoms with Crippen molar-refractivity contribution in [3.05, 3.63) is 58.2 Å². The van der Waals surface area contributed by atoms with Crippen LogP contribution in [0.25, 0.3) is 0 Å². The van der Waals surface area contributed by atoms with Crippen molar-refractivity contribution in [3.8, 4) is 0 Å². The maximum atomic E-state index is 13.5. The van der Waals surface area contributed by atoms with Crippen molar-refractivity contribution < 1.29 is 17.2 Å². The molecule has 0 saturated carbocycles. The molecule has 2 rings (SSSR count). The van der Waals surface area contributed by atoms with Crippen molar-refractivity contribution in [2.45, 2.75) is 11.6 Å². The predicted octanol–water partition coefficient (Wildman–Crippen LogP) is 2.60. The molecule has 0 aliphatic rings. The summed E-state index contributed by atoms with van der Waals surface area (Å²) in [6.07, 6.45) is 1.16. The van der Waals surface area contributed by atoms with Crippen LogP contribution in [0.15, 0.2) is 46.0 Å². The molecule has 106 valence electrons. The van der Waals surface area contributed by atoms with Crippen molar-refractivity contribution in [3.63, 3.8) is 0 Å². The first-order chi connectivity index (χ1) is 9.40. The number of benzene rings is 1. The molecule has 0 atom stereocenters. The quantitative estimate of drug-likeness (QED) is 0.909. The second-order valence-electron chi connectivity index (χ2n) is 3.85. The summed E-state index contributed by atoms with van der Waals surface area (Å²) >= 11 is 3.16. The van der Waals surface area contributed by atoms with Crippen LogP contribution in [-0.2, 0) is 16.6 Å². The summed E-state index contributed by atoms with van der Waals surface area (Å²) in [5.74, 6) is -1.52. The molecule has 0 spiro atoms. The Labute approximate surface area is 123 Å². The van der Waals surface area contributed by atoms with E-state index in [1.54, 1.807) is 0 Å². The van der Waals surface area contributed by atoms with E-state index in [-0.39, 0.29) is 12.1 Å². The van der Waals surface area contributed by atoms with E-state index >= 15 is 0 Å². The van der Waals surface area contributed by atoms with Gasteiger partial charge in [-0.3, -0.25) is 0 Å². The molecule has 0 aliphatic heterocycles. The maximum Gasteiger partial charge on any atom is 0.261 e. The van der Waals surface area contributed by atoms with Gasteiger partial charge in [0.25, 0.3) is 10.0 Å². The van der Waals surface area contributed by atoms with Crippen molar-refractivity contribution in [2.75, 3.05) is 0 Å². The molecule has 1 aromatic carbocycles. The SMILES string of the molecule is O=S(=O)(NCc1cc(Br)ccc1F)c1ncccc1F. The lowest BCUT2D eigenvalue weighted by atomic mass is 10.2. The maximum absolute atomic E-state index is 13.5. The molecular weight excluding hydrogens is 354 g/mol. The highest BCUT2D eigenvalue weighted by Crippen LogP contribution is 2.16. The summed E-state index contributed by atoms with van der Waals surface area (Å²) in [6.45, 7) is -0.302. The molecule has 20 heavy (non-hydrogen) atoms. The molecule has 4 nitrogen and oxygen atoms in total. The Morgan fingerprint density at radius 3 is 2.65 bits per heavy atom. The average molecular weight is 363 g/mol. The topological polar surface area (TPSA) is 59.1 Å². The Kier molecular flexibility index (Phi) is 4.46. The number of hydrogen-bond acceptors (Lipinski definition) is 3. The molecule has 0 aliphatic carbocycles. The number of halogens is 3. The zero-order chi connectivity index (χ0) is 14.8. The fraction of sp³-hybridized carbons (Fsp3) is 0.0833. The van der Waals surface area contributed by atoms with Crippen molar-refractivity contribution in [2.24, 2.45) is 0 Å². The number of nitrogens with one attached hydrogen (secondary N) is 1. The minimum atomic E-state index is -4.14. The van der Waals surface area contributed by atoms with Gasteiger partial charge in [0.1, 0.15) is 5.82 Å². The summed E-state index contributed by atoms with van der Waals surface area (Å²) in [4.78, 5) is 3.47. The third-order valence-electron chi connectivity index (χ3n) is 2.44. The Hall–Kier alpha value is -1.38. The third-order valence-corrected chi connectivity index (χ3v) is 4.27. The van der Waals surface area contributed by atoms with Crippen LogP contribution in [0.1, 0.15) is 5.56 Å². The Morgan fingerprint density at radius 2 is 1.95 bits per heavy atom. The lowest BCUT2D eigenvalue weighted by Gasteiger charge is -2.08. The molecule has 0 fully saturated rings. The molecule has 0 saturated heterocycles. The predicted molar refractivity (Wildman–Crippen MR) is 72.3 cm³/mol. The van der Waals surface area contributed by atoms with Gasteiger partial charge < -0.3 is 0 Å². The largest absolute Gasteiger partial charge is 0.261 e. The summed E-state index contributed by atoms with van der Waals surface area (Å²) in [6, 6.07) is 6.40. The first-order valence-electron chi connectivity index (χ1n) is 5.44. The van der Waals surface area contributed by atoms with Crippen LogP contribution >= 0.6 is 15.9 Å². The zero-order valence-corrected chi connectivity index (χ0v) is 12.4. The van der Waals surface area contributed by atoms with Crippen molar-refractivity contribution >= 4 is 26.0 Å². The Morgan fingerprint density at radius 1 is 1.20 bits per heavy atom. The van der Waals surface area contributed by atoms with E-state index < -0.39 is 26.7 Å². The number of pyridine rings is 1. The number of hydrogen-bond donors (Lipinski definition) is 1. The molecular formula is C12H9BrF2N2O2S. The minimum Gasteiger partial charge on any atom is -0.241 e. The molecule has 8 heteroatoms. The van der Waals surface area contributed by atoms with Crippen LogP contribution in [0.4, 0.5) is 8.78 Å². The van der Waals surface area contributed by atoms with Crippen LogP contribution in [-0.4, -0.2) is 13.4 Å². The van der Waals surface area contributed by atoms with Crippen molar-refractivity contribution in [1.82, 2.24) is 9.71 Å². The summed E-state index contributed by atoms with van der Waals surface area (Å²) in [5, 5.41) is -0.713. The van der Waals surface area contributed by atoms with E-state index in [4.69, 9.17) is 0 Å². The average Bonchev–Trinajstić information content (AvgIpc) is 2.40. The summed E-state index contributed by atoms with van der Waals surface area (Å²) < 4.78 is 53.3. The highest BCUT2D eigenvalue weighted by Gasteiger charge is 2.20. The van der Waals surface area contributed by atoms with Crippen LogP contribution in [0, 0.1) is 11.6 Å². The number of sulfonamides is 1. The first-order valence-corrected chi connectivity index (χ1v) is 7.72. The Balaban J connectivity index is 2.22. The highest BCUT2D eigenvalue weighted by atomic mass is 79.9. The molecule has 1 aromatic heterocycles. The minimum absolute atomic E-state index is 0.138. The van der Waals surface area contributed by atoms with Gasteiger partial charge >= 0.3 is 0 Å².